The number of anilines is 1. The van der Waals surface area contributed by atoms with E-state index in [-0.39, 0.29) is 9.92 Å². The van der Waals surface area contributed by atoms with Gasteiger partial charge in [0, 0.05) is 16.2 Å². The van der Waals surface area contributed by atoms with Crippen LogP contribution in [0.4, 0.5) is 5.69 Å². The van der Waals surface area contributed by atoms with Gasteiger partial charge in [0.15, 0.2) is 5.03 Å². The fourth-order valence-electron chi connectivity index (χ4n) is 2.46. The van der Waals surface area contributed by atoms with Crippen molar-refractivity contribution in [3.05, 3.63) is 81.1 Å². The number of halogens is 1. The molecule has 1 aromatic heterocycles. The van der Waals surface area contributed by atoms with Gasteiger partial charge in [0.1, 0.15) is 6.54 Å². The molecule has 1 N–H and O–H groups in total. The van der Waals surface area contributed by atoms with Crippen LogP contribution in [0.15, 0.2) is 79.9 Å². The van der Waals surface area contributed by atoms with Gasteiger partial charge in [0.2, 0.25) is 15.7 Å². The highest BCUT2D eigenvalue weighted by Crippen LogP contribution is 2.19. The molecule has 0 aliphatic carbocycles. The van der Waals surface area contributed by atoms with Gasteiger partial charge in [-0.15, -0.1) is 0 Å². The number of nitrogens with zero attached hydrogens (tertiary/aromatic N) is 2. The predicted molar refractivity (Wildman–Crippen MR) is 108 cm³/mol. The van der Waals surface area contributed by atoms with E-state index >= 15 is 0 Å². The van der Waals surface area contributed by atoms with Crippen LogP contribution in [0.3, 0.4) is 0 Å². The van der Waals surface area contributed by atoms with Gasteiger partial charge in [-0.1, -0.05) is 28.1 Å². The fourth-order valence-corrected chi connectivity index (χ4v) is 4.02. The highest BCUT2D eigenvalue weighted by Gasteiger charge is 2.21. The number of amides is 1. The summed E-state index contributed by atoms with van der Waals surface area (Å²) in [6.45, 7) is 1.37. The monoisotopic (exact) mass is 461 g/mol. The quantitative estimate of drug-likeness (QED) is 0.629. The van der Waals surface area contributed by atoms with Gasteiger partial charge in [0.05, 0.1) is 4.90 Å². The maximum absolute atomic E-state index is 12.8. The summed E-state index contributed by atoms with van der Waals surface area (Å²) in [7, 11) is -3.91. The summed E-state index contributed by atoms with van der Waals surface area (Å²) in [4.78, 5) is 24.3. The van der Waals surface area contributed by atoms with Gasteiger partial charge in [-0.2, -0.15) is 5.10 Å². The lowest BCUT2D eigenvalue weighted by Crippen LogP contribution is -2.30. The van der Waals surface area contributed by atoms with Crippen molar-refractivity contribution in [1.29, 1.82) is 0 Å². The van der Waals surface area contributed by atoms with E-state index in [1.807, 2.05) is 0 Å². The van der Waals surface area contributed by atoms with Crippen LogP contribution in [-0.2, 0) is 21.2 Å². The molecular formula is C19H16BrN3O4S. The van der Waals surface area contributed by atoms with E-state index in [4.69, 9.17) is 0 Å². The van der Waals surface area contributed by atoms with E-state index in [0.29, 0.717) is 5.69 Å². The molecule has 0 saturated carbocycles. The number of carbonyl (C=O) groups is 1. The molecule has 0 aliphatic rings. The van der Waals surface area contributed by atoms with E-state index in [1.165, 1.54) is 12.1 Å². The highest BCUT2D eigenvalue weighted by atomic mass is 79.9. The molecule has 3 rings (SSSR count). The second kappa shape index (κ2) is 8.07. The SMILES string of the molecule is Cc1cccc(S(=O)(=O)c2ccc(=O)n(CC(=O)Nc3ccc(Br)cc3)n2)c1. The maximum Gasteiger partial charge on any atom is 0.267 e. The van der Waals surface area contributed by atoms with Crippen molar-refractivity contribution in [2.75, 3.05) is 5.32 Å². The van der Waals surface area contributed by atoms with Gasteiger partial charge in [-0.05, 0) is 55.0 Å². The molecule has 3 aromatic rings. The molecule has 0 bridgehead atoms. The molecule has 2 aromatic carbocycles. The van der Waals surface area contributed by atoms with Crippen molar-refractivity contribution >= 4 is 37.4 Å². The minimum absolute atomic E-state index is 0.0736. The highest BCUT2D eigenvalue weighted by molar-refractivity contribution is 9.10. The average Bonchev–Trinajstić information content (AvgIpc) is 2.65. The topological polar surface area (TPSA) is 98.1 Å². The molecule has 7 nitrogen and oxygen atoms in total. The molecule has 144 valence electrons. The third-order valence-electron chi connectivity index (χ3n) is 3.84. The van der Waals surface area contributed by atoms with E-state index < -0.39 is 27.8 Å². The molecular weight excluding hydrogens is 446 g/mol. The Morgan fingerprint density at radius 3 is 2.50 bits per heavy atom. The van der Waals surface area contributed by atoms with E-state index in [0.717, 1.165) is 26.9 Å². The summed E-state index contributed by atoms with van der Waals surface area (Å²) < 4.78 is 27.2. The number of rotatable bonds is 5. The number of benzene rings is 2. The largest absolute Gasteiger partial charge is 0.324 e. The lowest BCUT2D eigenvalue weighted by Gasteiger charge is -2.09. The zero-order chi connectivity index (χ0) is 20.3. The first-order valence-corrected chi connectivity index (χ1v) is 10.5. The van der Waals surface area contributed by atoms with Crippen molar-refractivity contribution in [3.8, 4) is 0 Å². The zero-order valence-electron chi connectivity index (χ0n) is 14.8. The van der Waals surface area contributed by atoms with Crippen molar-refractivity contribution < 1.29 is 13.2 Å². The fraction of sp³-hybridized carbons (Fsp3) is 0.105. The molecule has 0 aliphatic heterocycles. The third kappa shape index (κ3) is 4.55. The Balaban J connectivity index is 1.86. The minimum Gasteiger partial charge on any atom is -0.324 e. The first-order valence-electron chi connectivity index (χ1n) is 8.21. The Bertz CT molecular complexity index is 1190. The molecule has 0 saturated heterocycles. The van der Waals surface area contributed by atoms with Crippen molar-refractivity contribution in [2.24, 2.45) is 0 Å². The van der Waals surface area contributed by atoms with Crippen LogP contribution in [0.5, 0.6) is 0 Å². The third-order valence-corrected chi connectivity index (χ3v) is 6.01. The Labute approximate surface area is 170 Å². The van der Waals surface area contributed by atoms with Gasteiger partial charge in [0.25, 0.3) is 5.56 Å². The predicted octanol–water partition coefficient (Wildman–Crippen LogP) is 2.79. The zero-order valence-corrected chi connectivity index (χ0v) is 17.2. The summed E-state index contributed by atoms with van der Waals surface area (Å²) in [6, 6.07) is 15.5. The molecule has 0 radical (unpaired) electrons. The van der Waals surface area contributed by atoms with E-state index in [2.05, 4.69) is 26.3 Å². The number of aromatic nitrogens is 2. The number of aryl methyl sites for hydroxylation is 1. The van der Waals surface area contributed by atoms with Crippen LogP contribution in [0.2, 0.25) is 0 Å². The standard InChI is InChI=1S/C19H16BrN3O4S/c1-13-3-2-4-16(11-13)28(26,27)18-9-10-19(25)23(22-18)12-17(24)21-15-7-5-14(20)6-8-15/h2-11H,12H2,1H3,(H,21,24). The number of nitrogens with one attached hydrogen (secondary N) is 1. The second-order valence-corrected chi connectivity index (χ2v) is 8.85. The Hall–Kier alpha value is -2.78. The Morgan fingerprint density at radius 1 is 1.11 bits per heavy atom. The van der Waals surface area contributed by atoms with Crippen LogP contribution in [0.1, 0.15) is 5.56 Å². The molecule has 1 heterocycles. The van der Waals surface area contributed by atoms with Gasteiger partial charge in [-0.25, -0.2) is 13.1 Å². The summed E-state index contributed by atoms with van der Waals surface area (Å²) >= 11 is 3.30. The minimum atomic E-state index is -3.91. The molecule has 0 unspecified atom stereocenters. The smallest absolute Gasteiger partial charge is 0.267 e. The van der Waals surface area contributed by atoms with Crippen molar-refractivity contribution in [2.45, 2.75) is 23.4 Å². The normalized spacial score (nSPS) is 11.2. The summed E-state index contributed by atoms with van der Waals surface area (Å²) in [6.07, 6.45) is 0. The van der Waals surface area contributed by atoms with Crippen LogP contribution < -0.4 is 10.9 Å². The number of hydrogen-bond acceptors (Lipinski definition) is 5. The summed E-state index contributed by atoms with van der Waals surface area (Å²) in [5.74, 6) is -0.498. The second-order valence-electron chi connectivity index (χ2n) is 6.04. The Morgan fingerprint density at radius 2 is 1.82 bits per heavy atom. The number of hydrogen-bond donors (Lipinski definition) is 1. The average molecular weight is 462 g/mol. The van der Waals surface area contributed by atoms with Crippen LogP contribution in [0.25, 0.3) is 0 Å². The van der Waals surface area contributed by atoms with Gasteiger partial charge in [-0.3, -0.25) is 9.59 Å². The van der Waals surface area contributed by atoms with Crippen LogP contribution >= 0.6 is 15.9 Å². The number of carbonyl (C=O) groups excluding carboxylic acids is 1. The lowest BCUT2D eigenvalue weighted by atomic mass is 10.2. The van der Waals surface area contributed by atoms with Crippen molar-refractivity contribution in [3.63, 3.8) is 0 Å². The van der Waals surface area contributed by atoms with E-state index in [1.54, 1.807) is 43.3 Å². The number of sulfone groups is 1. The first-order chi connectivity index (χ1) is 13.3. The molecule has 0 atom stereocenters. The first kappa shape index (κ1) is 20.0. The van der Waals surface area contributed by atoms with Gasteiger partial charge < -0.3 is 5.32 Å². The molecule has 9 heteroatoms. The molecule has 0 spiro atoms. The molecule has 1 amide bonds. The maximum atomic E-state index is 12.8. The summed E-state index contributed by atoms with van der Waals surface area (Å²) in [5.41, 5.74) is 0.752. The lowest BCUT2D eigenvalue weighted by molar-refractivity contribution is -0.117. The van der Waals surface area contributed by atoms with Crippen LogP contribution in [0, 0.1) is 6.92 Å². The van der Waals surface area contributed by atoms with Crippen molar-refractivity contribution in [1.82, 2.24) is 9.78 Å². The van der Waals surface area contributed by atoms with Gasteiger partial charge >= 0.3 is 0 Å². The summed E-state index contributed by atoms with van der Waals surface area (Å²) in [5, 5.41) is 6.23. The molecule has 28 heavy (non-hydrogen) atoms. The molecule has 0 fully saturated rings. The van der Waals surface area contributed by atoms with Crippen LogP contribution in [-0.4, -0.2) is 24.1 Å². The van der Waals surface area contributed by atoms with E-state index in [9.17, 15) is 18.0 Å². The Kier molecular flexibility index (Phi) is 5.76.